The van der Waals surface area contributed by atoms with E-state index >= 15 is 4.39 Å². The molecule has 11 heteroatoms. The maximum atomic E-state index is 15.2. The molecule has 7 nitrogen and oxygen atoms in total. The van der Waals surface area contributed by atoms with Gasteiger partial charge in [0.2, 0.25) is 11.8 Å². The molecule has 0 radical (unpaired) electrons. The molecule has 2 amide bonds. The highest BCUT2D eigenvalue weighted by Gasteiger charge is 2.35. The van der Waals surface area contributed by atoms with Crippen molar-refractivity contribution in [2.45, 2.75) is 43.8 Å². The van der Waals surface area contributed by atoms with Gasteiger partial charge in [0.05, 0.1) is 20.6 Å². The fourth-order valence-electron chi connectivity index (χ4n) is 4.66. The van der Waals surface area contributed by atoms with Crippen LogP contribution in [0, 0.1) is 5.82 Å². The number of sulfonamides is 1. The van der Waals surface area contributed by atoms with Crippen molar-refractivity contribution in [1.29, 1.82) is 0 Å². The van der Waals surface area contributed by atoms with E-state index < -0.39 is 40.2 Å². The summed E-state index contributed by atoms with van der Waals surface area (Å²) >= 11 is 12.4. The van der Waals surface area contributed by atoms with E-state index in [1.165, 1.54) is 47.4 Å². The summed E-state index contributed by atoms with van der Waals surface area (Å²) in [5, 5.41) is 3.45. The summed E-state index contributed by atoms with van der Waals surface area (Å²) in [6.07, 6.45) is 0.136. The Labute approximate surface area is 267 Å². The average Bonchev–Trinajstić information content (AvgIpc) is 3.00. The maximum Gasteiger partial charge on any atom is 0.264 e. The molecule has 0 heterocycles. The Kier molecular flexibility index (Phi) is 11.0. The molecule has 0 saturated heterocycles. The zero-order valence-electron chi connectivity index (χ0n) is 24.2. The number of nitrogens with zero attached hydrogens (tertiary/aromatic N) is 2. The first-order chi connectivity index (χ1) is 21.0. The Morgan fingerprint density at radius 3 is 2.05 bits per heavy atom. The lowest BCUT2D eigenvalue weighted by Gasteiger charge is -2.34. The minimum absolute atomic E-state index is 0.102. The van der Waals surface area contributed by atoms with Crippen LogP contribution >= 0.6 is 23.2 Å². The molecule has 230 valence electrons. The van der Waals surface area contributed by atoms with E-state index in [2.05, 4.69) is 5.32 Å². The molecule has 0 fully saturated rings. The maximum absolute atomic E-state index is 15.2. The fraction of sp³-hybridized carbons (Fsp3) is 0.212. The van der Waals surface area contributed by atoms with Gasteiger partial charge in [0, 0.05) is 19.0 Å². The molecule has 44 heavy (non-hydrogen) atoms. The second-order valence-electron chi connectivity index (χ2n) is 10.4. The molecule has 0 spiro atoms. The van der Waals surface area contributed by atoms with Crippen LogP contribution in [0.2, 0.25) is 10.0 Å². The van der Waals surface area contributed by atoms with Crippen molar-refractivity contribution in [3.05, 3.63) is 130 Å². The zero-order chi connectivity index (χ0) is 31.9. The van der Waals surface area contributed by atoms with E-state index in [4.69, 9.17) is 23.2 Å². The zero-order valence-corrected chi connectivity index (χ0v) is 26.5. The first-order valence-corrected chi connectivity index (χ1v) is 16.1. The first kappa shape index (κ1) is 33.0. The number of para-hydroxylation sites is 1. The number of halogens is 3. The normalized spacial score (nSPS) is 12.0. The Morgan fingerprint density at radius 2 is 1.43 bits per heavy atom. The monoisotopic (exact) mass is 655 g/mol. The van der Waals surface area contributed by atoms with Crippen LogP contribution in [0.3, 0.4) is 0 Å². The Bertz CT molecular complexity index is 1710. The largest absolute Gasteiger partial charge is 0.352 e. The minimum Gasteiger partial charge on any atom is -0.352 e. The predicted octanol–water partition coefficient (Wildman–Crippen LogP) is 6.49. The van der Waals surface area contributed by atoms with Gasteiger partial charge in [-0.3, -0.25) is 13.9 Å². The van der Waals surface area contributed by atoms with Crippen LogP contribution in [-0.4, -0.2) is 43.8 Å². The number of nitrogens with one attached hydrogen (secondary N) is 1. The van der Waals surface area contributed by atoms with Gasteiger partial charge in [-0.05, 0) is 61.4 Å². The summed E-state index contributed by atoms with van der Waals surface area (Å²) in [6.45, 7) is 2.72. The van der Waals surface area contributed by atoms with Crippen molar-refractivity contribution >= 4 is 50.7 Å². The van der Waals surface area contributed by atoms with Crippen LogP contribution in [-0.2, 0) is 32.6 Å². The molecule has 0 aliphatic heterocycles. The van der Waals surface area contributed by atoms with E-state index in [0.29, 0.717) is 10.6 Å². The van der Waals surface area contributed by atoms with Crippen LogP contribution in [0.25, 0.3) is 0 Å². The number of benzene rings is 4. The lowest BCUT2D eigenvalue weighted by Crippen LogP contribution is -2.54. The van der Waals surface area contributed by atoms with Gasteiger partial charge in [0.15, 0.2) is 0 Å². The molecule has 4 aromatic rings. The van der Waals surface area contributed by atoms with Crippen LogP contribution < -0.4 is 9.62 Å². The molecule has 0 aliphatic rings. The Morgan fingerprint density at radius 1 is 0.818 bits per heavy atom. The van der Waals surface area contributed by atoms with Crippen molar-refractivity contribution in [2.75, 3.05) is 10.8 Å². The van der Waals surface area contributed by atoms with Crippen molar-refractivity contribution in [3.63, 3.8) is 0 Å². The molecule has 0 aliphatic carbocycles. The van der Waals surface area contributed by atoms with Crippen molar-refractivity contribution < 1.29 is 22.4 Å². The number of amides is 2. The lowest BCUT2D eigenvalue weighted by atomic mass is 10.0. The van der Waals surface area contributed by atoms with Gasteiger partial charge in [-0.2, -0.15) is 0 Å². The standard InChI is InChI=1S/C33H32Cl2FN3O4S/c1-23(2)37-33(41)31(20-24-11-5-3-6-12-24)38(21-25-17-18-27(34)28(35)19-25)32(40)22-39(30-16-10-9-15-29(30)36)44(42,43)26-13-7-4-8-14-26/h3-19,23,31H,20-22H2,1-2H3,(H,37,41). The highest BCUT2D eigenvalue weighted by atomic mass is 35.5. The molecule has 0 bridgehead atoms. The molecule has 0 aromatic heterocycles. The smallest absolute Gasteiger partial charge is 0.264 e. The van der Waals surface area contributed by atoms with E-state index in [9.17, 15) is 18.0 Å². The number of anilines is 1. The van der Waals surface area contributed by atoms with Crippen molar-refractivity contribution in [3.8, 4) is 0 Å². The van der Waals surface area contributed by atoms with Crippen molar-refractivity contribution in [1.82, 2.24) is 10.2 Å². The third kappa shape index (κ3) is 8.16. The van der Waals surface area contributed by atoms with Gasteiger partial charge in [-0.15, -0.1) is 0 Å². The third-order valence-electron chi connectivity index (χ3n) is 6.77. The molecule has 1 unspecified atom stereocenters. The van der Waals surface area contributed by atoms with Crippen LogP contribution in [0.4, 0.5) is 10.1 Å². The van der Waals surface area contributed by atoms with Gasteiger partial charge in [0.25, 0.3) is 10.0 Å². The van der Waals surface area contributed by atoms with E-state index in [-0.39, 0.29) is 34.6 Å². The van der Waals surface area contributed by atoms with E-state index in [1.54, 1.807) is 38.1 Å². The molecule has 4 rings (SSSR count). The number of carbonyl (C=O) groups excluding carboxylic acids is 2. The Hall–Kier alpha value is -3.92. The van der Waals surface area contributed by atoms with Gasteiger partial charge in [-0.1, -0.05) is 89.9 Å². The summed E-state index contributed by atoms with van der Waals surface area (Å²) in [5.41, 5.74) is 1.04. The SMILES string of the molecule is CC(C)NC(=O)C(Cc1ccccc1)N(Cc1ccc(Cl)c(Cl)c1)C(=O)CN(c1ccccc1F)S(=O)(=O)c1ccccc1. The average molecular weight is 657 g/mol. The highest BCUT2D eigenvalue weighted by molar-refractivity contribution is 7.92. The topological polar surface area (TPSA) is 86.8 Å². The molecule has 4 aromatic carbocycles. The van der Waals surface area contributed by atoms with Gasteiger partial charge < -0.3 is 10.2 Å². The first-order valence-electron chi connectivity index (χ1n) is 13.9. The molecule has 0 saturated carbocycles. The summed E-state index contributed by atoms with van der Waals surface area (Å²) in [5.74, 6) is -1.98. The van der Waals surface area contributed by atoms with E-state index in [1.807, 2.05) is 30.3 Å². The summed E-state index contributed by atoms with van der Waals surface area (Å²) in [6, 6.07) is 25.5. The van der Waals surface area contributed by atoms with Gasteiger partial charge in [0.1, 0.15) is 18.4 Å². The molecule has 1 N–H and O–H groups in total. The van der Waals surface area contributed by atoms with E-state index in [0.717, 1.165) is 15.9 Å². The summed E-state index contributed by atoms with van der Waals surface area (Å²) < 4.78 is 43.7. The summed E-state index contributed by atoms with van der Waals surface area (Å²) in [7, 11) is -4.41. The summed E-state index contributed by atoms with van der Waals surface area (Å²) in [4.78, 5) is 29.2. The molecular weight excluding hydrogens is 624 g/mol. The number of carbonyl (C=O) groups is 2. The number of hydrogen-bond donors (Lipinski definition) is 1. The second kappa shape index (κ2) is 14.7. The molecule has 1 atom stereocenters. The quantitative estimate of drug-likeness (QED) is 0.189. The number of rotatable bonds is 12. The Balaban J connectivity index is 1.82. The second-order valence-corrected chi connectivity index (χ2v) is 13.1. The third-order valence-corrected chi connectivity index (χ3v) is 9.28. The lowest BCUT2D eigenvalue weighted by molar-refractivity contribution is -0.140. The number of hydrogen-bond acceptors (Lipinski definition) is 4. The van der Waals surface area contributed by atoms with Crippen LogP contribution in [0.5, 0.6) is 0 Å². The minimum atomic E-state index is -4.41. The fourth-order valence-corrected chi connectivity index (χ4v) is 6.42. The predicted molar refractivity (Wildman–Crippen MR) is 172 cm³/mol. The molecular formula is C33H32Cl2FN3O4S. The van der Waals surface area contributed by atoms with Gasteiger partial charge in [-0.25, -0.2) is 12.8 Å². The highest BCUT2D eigenvalue weighted by Crippen LogP contribution is 2.28. The van der Waals surface area contributed by atoms with Crippen LogP contribution in [0.15, 0.2) is 108 Å². The van der Waals surface area contributed by atoms with Crippen LogP contribution in [0.1, 0.15) is 25.0 Å². The van der Waals surface area contributed by atoms with Crippen molar-refractivity contribution in [2.24, 2.45) is 0 Å². The van der Waals surface area contributed by atoms with Gasteiger partial charge >= 0.3 is 0 Å².